The van der Waals surface area contributed by atoms with Gasteiger partial charge < -0.3 is 25.2 Å². The maximum atomic E-state index is 14.8. The molecular formula is C55H71F3N4O9. The topological polar surface area (TPSA) is 183 Å². The molecule has 1 heterocycles. The number of benzene rings is 1. The quantitative estimate of drug-likeness (QED) is 0.194. The molecule has 0 aliphatic heterocycles. The van der Waals surface area contributed by atoms with Crippen LogP contribution >= 0.6 is 0 Å². The molecule has 1 aromatic carbocycles. The summed E-state index contributed by atoms with van der Waals surface area (Å²) in [5, 5.41) is 20.3. The Morgan fingerprint density at radius 1 is 0.831 bits per heavy atom. The van der Waals surface area contributed by atoms with Gasteiger partial charge in [0.05, 0.1) is 35.2 Å². The van der Waals surface area contributed by atoms with Gasteiger partial charge in [0.2, 0.25) is 5.91 Å². The van der Waals surface area contributed by atoms with Crippen molar-refractivity contribution in [2.24, 2.45) is 62.6 Å². The van der Waals surface area contributed by atoms with Crippen LogP contribution in [0.15, 0.2) is 41.5 Å². The zero-order chi connectivity index (χ0) is 51.8. The van der Waals surface area contributed by atoms with Crippen LogP contribution in [0.4, 0.5) is 18.0 Å². The molecule has 6 saturated carbocycles. The summed E-state index contributed by atoms with van der Waals surface area (Å²) < 4.78 is 52.4. The number of carbonyl (C=O) groups excluding carboxylic acids is 5. The lowest BCUT2D eigenvalue weighted by atomic mass is 9.33. The molecule has 9 rings (SSSR count). The van der Waals surface area contributed by atoms with Crippen molar-refractivity contribution in [1.82, 2.24) is 20.4 Å². The number of carboxylic acids is 1. The predicted molar refractivity (Wildman–Crippen MR) is 255 cm³/mol. The minimum atomic E-state index is -4.56. The van der Waals surface area contributed by atoms with Crippen molar-refractivity contribution >= 4 is 35.6 Å². The number of ether oxygens (including phenoxy) is 2. The van der Waals surface area contributed by atoms with Crippen LogP contribution < -0.4 is 10.6 Å². The molecule has 2 aromatic rings. The number of halogens is 3. The van der Waals surface area contributed by atoms with E-state index in [0.29, 0.717) is 31.6 Å². The van der Waals surface area contributed by atoms with Crippen LogP contribution in [0.5, 0.6) is 0 Å². The number of carboxylic acid groups (broad SMARTS) is 1. The Hall–Kier alpha value is -5.02. The summed E-state index contributed by atoms with van der Waals surface area (Å²) in [7, 11) is 0. The smallest absolute Gasteiger partial charge is 0.435 e. The van der Waals surface area contributed by atoms with Gasteiger partial charge in [0.1, 0.15) is 17.3 Å². The molecule has 7 aliphatic rings. The number of Topliss-reactive ketones (excluding diaryl/α,β-unsaturated/α-hetero) is 1. The predicted octanol–water partition coefficient (Wildman–Crippen LogP) is 10.3. The number of aromatic nitrogens is 2. The van der Waals surface area contributed by atoms with Gasteiger partial charge in [-0.25, -0.2) is 4.79 Å². The van der Waals surface area contributed by atoms with Crippen LogP contribution in [0.25, 0.3) is 11.3 Å². The normalized spacial score (nSPS) is 35.2. The maximum absolute atomic E-state index is 14.8. The number of allylic oxidation sites excluding steroid dienone is 1. The van der Waals surface area contributed by atoms with Crippen LogP contribution in [0.2, 0.25) is 0 Å². The molecule has 386 valence electrons. The maximum Gasteiger partial charge on any atom is 0.435 e. The Labute approximate surface area is 414 Å². The number of aliphatic carboxylic acids is 1. The van der Waals surface area contributed by atoms with Crippen molar-refractivity contribution in [3.8, 4) is 11.3 Å². The van der Waals surface area contributed by atoms with E-state index in [9.17, 15) is 47.0 Å². The van der Waals surface area contributed by atoms with Crippen LogP contribution in [-0.4, -0.2) is 74.3 Å². The number of nitrogens with zero attached hydrogens (tertiary/aromatic N) is 2. The van der Waals surface area contributed by atoms with Crippen molar-refractivity contribution in [2.45, 2.75) is 170 Å². The summed E-state index contributed by atoms with van der Waals surface area (Å²) in [5.41, 5.74) is -2.67. The highest BCUT2D eigenvalue weighted by molar-refractivity contribution is 6.05. The van der Waals surface area contributed by atoms with Crippen LogP contribution in [0.1, 0.15) is 162 Å². The number of carbonyl (C=O) groups is 6. The molecular weight excluding hydrogens is 918 g/mol. The molecule has 0 radical (unpaired) electrons. The van der Waals surface area contributed by atoms with Gasteiger partial charge in [-0.2, -0.15) is 23.0 Å². The second kappa shape index (κ2) is 16.8. The first-order valence-corrected chi connectivity index (χ1v) is 25.8. The van der Waals surface area contributed by atoms with E-state index in [4.69, 9.17) is 9.47 Å². The molecule has 6 fully saturated rings. The van der Waals surface area contributed by atoms with E-state index >= 15 is 0 Å². The minimum absolute atomic E-state index is 0.0138. The highest BCUT2D eigenvalue weighted by atomic mass is 19.4. The van der Waals surface area contributed by atoms with E-state index in [1.54, 1.807) is 6.92 Å². The lowest BCUT2D eigenvalue weighted by Gasteiger charge is -2.72. The summed E-state index contributed by atoms with van der Waals surface area (Å²) in [4.78, 5) is 82.1. The third-order valence-electron chi connectivity index (χ3n) is 20.3. The number of ketones is 1. The summed E-state index contributed by atoms with van der Waals surface area (Å²) >= 11 is 0. The van der Waals surface area contributed by atoms with E-state index in [-0.39, 0.29) is 87.2 Å². The fourth-order valence-corrected chi connectivity index (χ4v) is 15.9. The van der Waals surface area contributed by atoms with Gasteiger partial charge in [0, 0.05) is 17.4 Å². The van der Waals surface area contributed by atoms with Crippen LogP contribution in [-0.2, 0) is 34.8 Å². The van der Waals surface area contributed by atoms with Crippen molar-refractivity contribution in [2.75, 3.05) is 6.61 Å². The SMILES string of the molecule is CCOC(=O)n1nc(-c2ccc(C(F)(F)F)cc2)cc1C(=O)NC1(C(=O)N[C@@]23CC[C@]4(C)[C@H](CC[C@@H]5[C@@]6(C)CC[C@H](OC(=O)[C@H]7C[C@@H](C(=O)O)C7(C)C)C(C)(C)[C@@H]6CC[C@]54C)C2=C(C(C)C)C(=O)C3)CC1. The highest BCUT2D eigenvalue weighted by Crippen LogP contribution is 2.76. The van der Waals surface area contributed by atoms with E-state index in [0.717, 1.165) is 72.9 Å². The lowest BCUT2D eigenvalue weighted by Crippen LogP contribution is -2.68. The van der Waals surface area contributed by atoms with Gasteiger partial charge in [-0.15, -0.1) is 0 Å². The molecule has 1 aromatic heterocycles. The highest BCUT2D eigenvalue weighted by Gasteiger charge is 2.71. The fourth-order valence-electron chi connectivity index (χ4n) is 15.9. The van der Waals surface area contributed by atoms with Crippen LogP contribution in [0.3, 0.4) is 0 Å². The summed E-state index contributed by atoms with van der Waals surface area (Å²) in [6.45, 7) is 21.2. The molecule has 7 aliphatic carbocycles. The monoisotopic (exact) mass is 989 g/mol. The molecule has 0 saturated heterocycles. The van der Waals surface area contributed by atoms with Gasteiger partial charge in [0.25, 0.3) is 5.91 Å². The Bertz CT molecular complexity index is 2610. The van der Waals surface area contributed by atoms with E-state index in [1.807, 2.05) is 27.7 Å². The Kier molecular flexibility index (Phi) is 12.0. The van der Waals surface area contributed by atoms with Gasteiger partial charge >= 0.3 is 24.2 Å². The van der Waals surface area contributed by atoms with Crippen LogP contribution in [0, 0.1) is 62.6 Å². The Balaban J connectivity index is 0.951. The first-order valence-electron chi connectivity index (χ1n) is 25.8. The number of alkyl halides is 3. The average Bonchev–Trinajstić information content (AvgIpc) is 3.80. The van der Waals surface area contributed by atoms with E-state index in [1.165, 1.54) is 18.2 Å². The van der Waals surface area contributed by atoms with Gasteiger partial charge in [-0.3, -0.25) is 24.0 Å². The number of amides is 2. The van der Waals surface area contributed by atoms with Gasteiger partial charge in [-0.1, -0.05) is 74.4 Å². The third-order valence-corrected chi connectivity index (χ3v) is 20.3. The first-order chi connectivity index (χ1) is 33.0. The molecule has 0 spiro atoms. The molecule has 16 heteroatoms. The first kappa shape index (κ1) is 50.9. The number of esters is 1. The summed E-state index contributed by atoms with van der Waals surface area (Å²) in [5.74, 6) is -2.79. The van der Waals surface area contributed by atoms with E-state index < -0.39 is 63.9 Å². The molecule has 0 unspecified atom stereocenters. The molecule has 2 amide bonds. The fraction of sp³-hybridized carbons (Fsp3) is 0.691. The zero-order valence-corrected chi connectivity index (χ0v) is 42.9. The zero-order valence-electron chi connectivity index (χ0n) is 42.9. The van der Waals surface area contributed by atoms with Crippen molar-refractivity contribution in [3.05, 3.63) is 52.7 Å². The Morgan fingerprint density at radius 3 is 2.10 bits per heavy atom. The Morgan fingerprint density at radius 2 is 1.51 bits per heavy atom. The second-order valence-electron chi connectivity index (χ2n) is 24.7. The number of hydrogen-bond donors (Lipinski definition) is 3. The molecule has 3 N–H and O–H groups in total. The number of hydrogen-bond acceptors (Lipinski definition) is 9. The van der Waals surface area contributed by atoms with Gasteiger partial charge in [0.15, 0.2) is 5.78 Å². The standard InChI is InChI=1S/C55H71F3N4O9/c1-11-70-47(69)62-36(27-35(61-62)30-12-14-31(15-13-30)55(56,57)58)43(64)59-53(24-25-53)46(68)60-54-23-22-51(9)32(42(54)41(29(2)3)37(63)28-54)16-17-39-50(8)20-19-40(49(6,7)38(50)18-21-52(39,51)10)71-45(67)34-26-33(44(65)66)48(34,4)5/h12-15,27,29,32-34,38-40H,11,16-26,28H2,1-10H3,(H,59,64)(H,60,68)(H,65,66)/t32-,33+,34-,38+,39-,40+,50+,51-,52-,54-/m1/s1. The molecule has 13 nitrogen and oxygen atoms in total. The number of fused-ring (bicyclic) bond motifs is 7. The van der Waals surface area contributed by atoms with Crippen molar-refractivity contribution < 1.29 is 56.5 Å². The molecule has 10 atom stereocenters. The van der Waals surface area contributed by atoms with Crippen molar-refractivity contribution in [3.63, 3.8) is 0 Å². The number of rotatable bonds is 10. The molecule has 0 bridgehead atoms. The minimum Gasteiger partial charge on any atom is -0.481 e. The van der Waals surface area contributed by atoms with Crippen molar-refractivity contribution in [1.29, 1.82) is 0 Å². The average molecular weight is 989 g/mol. The second-order valence-corrected chi connectivity index (χ2v) is 24.7. The summed E-state index contributed by atoms with van der Waals surface area (Å²) in [6.07, 6.45) is 1.87. The summed E-state index contributed by atoms with van der Waals surface area (Å²) in [6, 6.07) is 5.48. The third kappa shape index (κ3) is 7.70. The van der Waals surface area contributed by atoms with Gasteiger partial charge in [-0.05, 0) is 152 Å². The number of nitrogens with one attached hydrogen (secondary N) is 2. The van der Waals surface area contributed by atoms with E-state index in [2.05, 4.69) is 50.4 Å². The molecule has 71 heavy (non-hydrogen) atoms. The lowest BCUT2D eigenvalue weighted by molar-refractivity contribution is -0.235. The largest absolute Gasteiger partial charge is 0.481 e.